The molecule has 0 unspecified atom stereocenters. The first-order chi connectivity index (χ1) is 13.6. The molecule has 1 aliphatic rings. The van der Waals surface area contributed by atoms with Crippen LogP contribution in [0, 0.1) is 0 Å². The smallest absolute Gasteiger partial charge is 0.223 e. The van der Waals surface area contributed by atoms with Crippen molar-refractivity contribution in [3.05, 3.63) is 47.5 Å². The zero-order valence-electron chi connectivity index (χ0n) is 17.3. The molecule has 0 atom stereocenters. The molecule has 9 heteroatoms. The Balaban J connectivity index is 0.00000300. The second-order valence-electron chi connectivity index (χ2n) is 7.01. The summed E-state index contributed by atoms with van der Waals surface area (Å²) in [4.78, 5) is 25.4. The third kappa shape index (κ3) is 6.15. The summed E-state index contributed by atoms with van der Waals surface area (Å²) in [5, 5.41) is 7.39. The molecule has 2 aromatic rings. The highest BCUT2D eigenvalue weighted by atomic mass is 127. The van der Waals surface area contributed by atoms with Crippen LogP contribution in [-0.2, 0) is 31.5 Å². The molecule has 0 radical (unpaired) electrons. The Bertz CT molecular complexity index is 811. The van der Waals surface area contributed by atoms with E-state index in [1.54, 1.807) is 11.0 Å². The molecule has 0 spiro atoms. The number of carbonyl (C=O) groups excluding carboxylic acids is 1. The minimum Gasteiger partial charge on any atom is -0.357 e. The molecule has 3 rings (SSSR count). The molecular formula is C20H30IN7O. The fourth-order valence-electron chi connectivity index (χ4n) is 3.30. The van der Waals surface area contributed by atoms with E-state index in [2.05, 4.69) is 32.5 Å². The van der Waals surface area contributed by atoms with E-state index in [0.717, 1.165) is 37.8 Å². The van der Waals surface area contributed by atoms with Gasteiger partial charge in [0.15, 0.2) is 5.96 Å². The van der Waals surface area contributed by atoms with E-state index in [0.29, 0.717) is 19.5 Å². The van der Waals surface area contributed by atoms with Gasteiger partial charge >= 0.3 is 0 Å². The highest BCUT2D eigenvalue weighted by Crippen LogP contribution is 2.22. The van der Waals surface area contributed by atoms with Crippen molar-refractivity contribution in [3.8, 4) is 0 Å². The lowest BCUT2D eigenvalue weighted by Crippen LogP contribution is -2.39. The first-order valence-corrected chi connectivity index (χ1v) is 9.75. The van der Waals surface area contributed by atoms with Crippen molar-refractivity contribution in [2.45, 2.75) is 39.4 Å². The standard InChI is InChI=1S/C20H29N7O.HI/c1-4-21-20(25(2)14-18-23-15-24-26(18)3)22-11-7-10-19(28)27-12-16-8-5-6-9-17(16)13-27;/h5-6,8-9,15H,4,7,10-14H2,1-3H3,(H,21,22);1H. The largest absolute Gasteiger partial charge is 0.357 e. The molecule has 0 fully saturated rings. The summed E-state index contributed by atoms with van der Waals surface area (Å²) in [5.41, 5.74) is 2.52. The first kappa shape index (κ1) is 23.1. The number of aromatic nitrogens is 3. The number of benzene rings is 1. The predicted octanol–water partition coefficient (Wildman–Crippen LogP) is 2.15. The number of amides is 1. The van der Waals surface area contributed by atoms with Crippen LogP contribution in [0.1, 0.15) is 36.7 Å². The Morgan fingerprint density at radius 3 is 2.55 bits per heavy atom. The molecule has 0 saturated heterocycles. The van der Waals surface area contributed by atoms with Crippen molar-refractivity contribution < 1.29 is 4.79 Å². The van der Waals surface area contributed by atoms with Crippen LogP contribution in [0.3, 0.4) is 0 Å². The van der Waals surface area contributed by atoms with Crippen LogP contribution >= 0.6 is 24.0 Å². The Labute approximate surface area is 189 Å². The summed E-state index contributed by atoms with van der Waals surface area (Å²) in [6.07, 6.45) is 2.80. The SMILES string of the molecule is CCNC(=NCCCC(=O)N1Cc2ccccc2C1)N(C)Cc1ncnn1C.I. The molecule has 1 aliphatic heterocycles. The summed E-state index contributed by atoms with van der Waals surface area (Å²) in [5.74, 6) is 1.88. The van der Waals surface area contributed by atoms with Gasteiger partial charge in [0.25, 0.3) is 0 Å². The number of aryl methyl sites for hydroxylation is 1. The van der Waals surface area contributed by atoms with E-state index in [1.165, 1.54) is 11.1 Å². The van der Waals surface area contributed by atoms with Crippen molar-refractivity contribution >= 4 is 35.8 Å². The molecule has 158 valence electrons. The second kappa shape index (κ2) is 11.1. The van der Waals surface area contributed by atoms with E-state index in [1.807, 2.05) is 43.0 Å². The van der Waals surface area contributed by atoms with Gasteiger partial charge in [-0.1, -0.05) is 24.3 Å². The number of fused-ring (bicyclic) bond motifs is 1. The van der Waals surface area contributed by atoms with Crippen LogP contribution in [-0.4, -0.2) is 56.6 Å². The van der Waals surface area contributed by atoms with Crippen molar-refractivity contribution in [1.82, 2.24) is 29.9 Å². The monoisotopic (exact) mass is 511 g/mol. The Hall–Kier alpha value is -2.17. The number of guanidine groups is 1. The Morgan fingerprint density at radius 2 is 1.97 bits per heavy atom. The minimum absolute atomic E-state index is 0. The second-order valence-corrected chi connectivity index (χ2v) is 7.01. The van der Waals surface area contributed by atoms with Gasteiger partial charge in [-0.3, -0.25) is 14.5 Å². The summed E-state index contributed by atoms with van der Waals surface area (Å²) >= 11 is 0. The van der Waals surface area contributed by atoms with Gasteiger partial charge in [-0.15, -0.1) is 24.0 Å². The third-order valence-electron chi connectivity index (χ3n) is 4.88. The molecular weight excluding hydrogens is 481 g/mol. The van der Waals surface area contributed by atoms with E-state index in [9.17, 15) is 4.79 Å². The van der Waals surface area contributed by atoms with Gasteiger partial charge in [-0.05, 0) is 24.5 Å². The topological polar surface area (TPSA) is 78.7 Å². The van der Waals surface area contributed by atoms with Crippen LogP contribution < -0.4 is 5.32 Å². The normalized spacial score (nSPS) is 13.1. The quantitative estimate of drug-likeness (QED) is 0.267. The molecule has 29 heavy (non-hydrogen) atoms. The molecule has 2 heterocycles. The number of nitrogens with zero attached hydrogens (tertiary/aromatic N) is 6. The number of hydrogen-bond acceptors (Lipinski definition) is 4. The van der Waals surface area contributed by atoms with Gasteiger partial charge in [0.05, 0.1) is 6.54 Å². The van der Waals surface area contributed by atoms with Crippen LogP contribution in [0.2, 0.25) is 0 Å². The first-order valence-electron chi connectivity index (χ1n) is 9.75. The van der Waals surface area contributed by atoms with Crippen molar-refractivity contribution in [2.75, 3.05) is 20.1 Å². The Morgan fingerprint density at radius 1 is 1.28 bits per heavy atom. The number of halogens is 1. The molecule has 0 aliphatic carbocycles. The Kier molecular flexibility index (Phi) is 8.87. The van der Waals surface area contributed by atoms with Gasteiger partial charge < -0.3 is 15.1 Å². The molecule has 1 N–H and O–H groups in total. The zero-order chi connectivity index (χ0) is 19.9. The number of hydrogen-bond donors (Lipinski definition) is 1. The summed E-state index contributed by atoms with van der Waals surface area (Å²) < 4.78 is 1.76. The maximum Gasteiger partial charge on any atom is 0.223 e. The average Bonchev–Trinajstić information content (AvgIpc) is 3.30. The molecule has 1 aromatic heterocycles. The van der Waals surface area contributed by atoms with Crippen molar-refractivity contribution in [1.29, 1.82) is 0 Å². The molecule has 8 nitrogen and oxygen atoms in total. The van der Waals surface area contributed by atoms with E-state index >= 15 is 0 Å². The lowest BCUT2D eigenvalue weighted by atomic mass is 10.1. The fraction of sp³-hybridized carbons (Fsp3) is 0.500. The van der Waals surface area contributed by atoms with E-state index in [-0.39, 0.29) is 29.9 Å². The molecule has 0 saturated carbocycles. The predicted molar refractivity (Wildman–Crippen MR) is 124 cm³/mol. The maximum atomic E-state index is 12.5. The van der Waals surface area contributed by atoms with Crippen molar-refractivity contribution in [3.63, 3.8) is 0 Å². The van der Waals surface area contributed by atoms with Crippen LogP contribution in [0.15, 0.2) is 35.6 Å². The third-order valence-corrected chi connectivity index (χ3v) is 4.88. The van der Waals surface area contributed by atoms with Gasteiger partial charge in [-0.25, -0.2) is 4.98 Å². The number of rotatable bonds is 7. The number of aliphatic imine (C=N–C) groups is 1. The van der Waals surface area contributed by atoms with E-state index < -0.39 is 0 Å². The molecule has 1 aromatic carbocycles. The lowest BCUT2D eigenvalue weighted by molar-refractivity contribution is -0.131. The van der Waals surface area contributed by atoms with Gasteiger partial charge in [0, 0.05) is 46.7 Å². The summed E-state index contributed by atoms with van der Waals surface area (Å²) in [6.45, 7) is 5.50. The van der Waals surface area contributed by atoms with Gasteiger partial charge in [0.2, 0.25) is 5.91 Å². The highest BCUT2D eigenvalue weighted by molar-refractivity contribution is 14.0. The maximum absolute atomic E-state index is 12.5. The molecule has 1 amide bonds. The lowest BCUT2D eigenvalue weighted by Gasteiger charge is -2.21. The van der Waals surface area contributed by atoms with Gasteiger partial charge in [0.1, 0.15) is 12.2 Å². The van der Waals surface area contributed by atoms with Crippen LogP contribution in [0.4, 0.5) is 0 Å². The minimum atomic E-state index is 0. The average molecular weight is 511 g/mol. The van der Waals surface area contributed by atoms with Gasteiger partial charge in [-0.2, -0.15) is 5.10 Å². The van der Waals surface area contributed by atoms with E-state index in [4.69, 9.17) is 0 Å². The van der Waals surface area contributed by atoms with Crippen LogP contribution in [0.5, 0.6) is 0 Å². The molecule has 0 bridgehead atoms. The number of carbonyl (C=O) groups is 1. The highest BCUT2D eigenvalue weighted by Gasteiger charge is 2.22. The van der Waals surface area contributed by atoms with Crippen molar-refractivity contribution in [2.24, 2.45) is 12.0 Å². The zero-order valence-corrected chi connectivity index (χ0v) is 19.7. The summed E-state index contributed by atoms with van der Waals surface area (Å²) in [7, 11) is 3.85. The van der Waals surface area contributed by atoms with Crippen LogP contribution in [0.25, 0.3) is 0 Å². The fourth-order valence-corrected chi connectivity index (χ4v) is 3.30. The number of nitrogens with one attached hydrogen (secondary N) is 1. The summed E-state index contributed by atoms with van der Waals surface area (Å²) in [6, 6.07) is 8.26.